The molecule has 0 unspecified atom stereocenters. The molecule has 2 atom stereocenters. The average Bonchev–Trinajstić information content (AvgIpc) is 3.07. The summed E-state index contributed by atoms with van der Waals surface area (Å²) >= 11 is 0. The fourth-order valence-electron chi connectivity index (χ4n) is 6.80. The van der Waals surface area contributed by atoms with Gasteiger partial charge in [-0.15, -0.1) is 0 Å². The molecule has 1 saturated heterocycles. The number of nitrogens with zero attached hydrogens (tertiary/aromatic N) is 1. The molecule has 0 radical (unpaired) electrons. The zero-order valence-corrected chi connectivity index (χ0v) is 26.8. The molecule has 1 fully saturated rings. The maximum absolute atomic E-state index is 14.1. The van der Waals surface area contributed by atoms with Crippen LogP contribution in [0.2, 0.25) is 0 Å². The first-order chi connectivity index (χ1) is 22.2. The van der Waals surface area contributed by atoms with Gasteiger partial charge in [-0.05, 0) is 68.4 Å². The van der Waals surface area contributed by atoms with Gasteiger partial charge in [0.25, 0.3) is 5.91 Å². The molecule has 3 amide bonds. The van der Waals surface area contributed by atoms with Crippen LogP contribution in [0.5, 0.6) is 5.75 Å². The number of hydrogen-bond acceptors (Lipinski definition) is 6. The molecule has 0 bridgehead atoms. The molecule has 9 heteroatoms. The Balaban J connectivity index is 1.31. The van der Waals surface area contributed by atoms with Crippen LogP contribution in [0.4, 0.5) is 0 Å². The largest absolute Gasteiger partial charge is 0.496 e. The van der Waals surface area contributed by atoms with E-state index in [1.807, 2.05) is 65.6 Å². The smallest absolute Gasteiger partial charge is 0.307 e. The predicted molar refractivity (Wildman–Crippen MR) is 175 cm³/mol. The molecule has 46 heavy (non-hydrogen) atoms. The fraction of sp³-hybridized carbons (Fsp3) is 0.405. The van der Waals surface area contributed by atoms with Gasteiger partial charge in [0, 0.05) is 25.7 Å². The molecule has 0 spiro atoms. The summed E-state index contributed by atoms with van der Waals surface area (Å²) < 4.78 is 10.6. The van der Waals surface area contributed by atoms with Gasteiger partial charge in [-0.3, -0.25) is 19.2 Å². The highest BCUT2D eigenvalue weighted by Gasteiger charge is 2.48. The van der Waals surface area contributed by atoms with E-state index in [0.29, 0.717) is 50.1 Å². The summed E-state index contributed by atoms with van der Waals surface area (Å²) in [6.07, 6.45) is 2.09. The van der Waals surface area contributed by atoms with Crippen LogP contribution in [-0.4, -0.2) is 67.5 Å². The molecule has 1 heterocycles. The number of fused-ring (bicyclic) bond motifs is 1. The summed E-state index contributed by atoms with van der Waals surface area (Å²) in [6.45, 7) is 4.81. The number of para-hydroxylation sites is 1. The molecule has 5 rings (SSSR count). The molecule has 2 aliphatic rings. The highest BCUT2D eigenvalue weighted by Crippen LogP contribution is 2.48. The first kappa shape index (κ1) is 32.7. The van der Waals surface area contributed by atoms with E-state index in [0.717, 1.165) is 16.7 Å². The molecular formula is C37H43N3O6. The van der Waals surface area contributed by atoms with E-state index in [-0.39, 0.29) is 54.7 Å². The van der Waals surface area contributed by atoms with E-state index in [2.05, 4.69) is 10.6 Å². The molecule has 1 aliphatic carbocycles. The minimum absolute atomic E-state index is 0.0421. The minimum atomic E-state index is -1.01. The number of hydrogen-bond donors (Lipinski definition) is 2. The standard InChI is InChI=1S/C37H43N3O6/c1-25(2)46-33(41)18-22-38-36(44)37(26-11-5-4-6-12-26)21-17-29(28-13-7-9-15-31(28)37)35(43)40-23-19-27(20-24-40)39-34(42)30-14-8-10-16-32(30)45-3/h4-16,25,27,29H,17-24H2,1-3H3,(H,38,44)(H,39,42)/t29-,37+/m1/s1. The van der Waals surface area contributed by atoms with Crippen molar-refractivity contribution in [2.75, 3.05) is 26.7 Å². The highest BCUT2D eigenvalue weighted by atomic mass is 16.5. The van der Waals surface area contributed by atoms with Gasteiger partial charge in [-0.2, -0.15) is 0 Å². The van der Waals surface area contributed by atoms with E-state index in [1.165, 1.54) is 0 Å². The number of benzene rings is 3. The van der Waals surface area contributed by atoms with Crippen molar-refractivity contribution < 1.29 is 28.7 Å². The lowest BCUT2D eigenvalue weighted by molar-refractivity contribution is -0.147. The van der Waals surface area contributed by atoms with Crippen molar-refractivity contribution in [2.24, 2.45) is 0 Å². The molecule has 9 nitrogen and oxygen atoms in total. The van der Waals surface area contributed by atoms with Crippen molar-refractivity contribution in [1.29, 1.82) is 0 Å². The number of carbonyl (C=O) groups is 4. The summed E-state index contributed by atoms with van der Waals surface area (Å²) in [4.78, 5) is 55.2. The Morgan fingerprint density at radius 3 is 2.28 bits per heavy atom. The Labute approximate surface area is 270 Å². The van der Waals surface area contributed by atoms with Crippen molar-refractivity contribution in [3.63, 3.8) is 0 Å². The van der Waals surface area contributed by atoms with Crippen molar-refractivity contribution in [2.45, 2.75) is 69.4 Å². The topological polar surface area (TPSA) is 114 Å². The maximum atomic E-state index is 14.1. The third kappa shape index (κ3) is 6.93. The number of ether oxygens (including phenoxy) is 2. The molecular weight excluding hydrogens is 582 g/mol. The number of likely N-dealkylation sites (tertiary alicyclic amines) is 1. The molecule has 1 aliphatic heterocycles. The number of carbonyl (C=O) groups excluding carboxylic acids is 4. The lowest BCUT2D eigenvalue weighted by atomic mass is 9.62. The van der Waals surface area contributed by atoms with Gasteiger partial charge < -0.3 is 25.0 Å². The zero-order valence-electron chi connectivity index (χ0n) is 26.8. The molecule has 0 saturated carbocycles. The number of piperidine rings is 1. The first-order valence-corrected chi connectivity index (χ1v) is 16.1. The van der Waals surface area contributed by atoms with Gasteiger partial charge >= 0.3 is 5.97 Å². The predicted octanol–water partition coefficient (Wildman–Crippen LogP) is 4.74. The quantitative estimate of drug-likeness (QED) is 0.315. The Bertz CT molecular complexity index is 1550. The van der Waals surface area contributed by atoms with E-state index in [9.17, 15) is 19.2 Å². The first-order valence-electron chi connectivity index (χ1n) is 16.1. The number of methoxy groups -OCH3 is 1. The van der Waals surface area contributed by atoms with Crippen LogP contribution < -0.4 is 15.4 Å². The summed E-state index contributed by atoms with van der Waals surface area (Å²) in [7, 11) is 1.54. The number of esters is 1. The van der Waals surface area contributed by atoms with Crippen molar-refractivity contribution >= 4 is 23.7 Å². The van der Waals surface area contributed by atoms with Gasteiger partial charge in [0.15, 0.2) is 0 Å². The fourth-order valence-corrected chi connectivity index (χ4v) is 6.80. The van der Waals surface area contributed by atoms with Crippen LogP contribution >= 0.6 is 0 Å². The molecule has 242 valence electrons. The Morgan fingerprint density at radius 1 is 0.891 bits per heavy atom. The summed E-state index contributed by atoms with van der Waals surface area (Å²) in [5.41, 5.74) is 1.99. The van der Waals surface area contributed by atoms with Gasteiger partial charge in [0.1, 0.15) is 5.75 Å². The van der Waals surface area contributed by atoms with Crippen LogP contribution in [0.25, 0.3) is 0 Å². The van der Waals surface area contributed by atoms with E-state index < -0.39 is 5.41 Å². The third-order valence-electron chi connectivity index (χ3n) is 9.03. The van der Waals surface area contributed by atoms with Gasteiger partial charge in [-0.25, -0.2) is 0 Å². The summed E-state index contributed by atoms with van der Waals surface area (Å²) in [6, 6.07) is 24.5. The van der Waals surface area contributed by atoms with Crippen LogP contribution in [0.3, 0.4) is 0 Å². The third-order valence-corrected chi connectivity index (χ3v) is 9.03. The van der Waals surface area contributed by atoms with Crippen LogP contribution in [0.1, 0.15) is 78.9 Å². The number of rotatable bonds is 10. The molecule has 2 N–H and O–H groups in total. The van der Waals surface area contributed by atoms with Gasteiger partial charge in [0.05, 0.1) is 36.5 Å². The Morgan fingerprint density at radius 2 is 1.57 bits per heavy atom. The Hall–Kier alpha value is -4.66. The van der Waals surface area contributed by atoms with Crippen LogP contribution in [0.15, 0.2) is 78.9 Å². The number of nitrogens with one attached hydrogen (secondary N) is 2. The second-order valence-corrected chi connectivity index (χ2v) is 12.3. The highest BCUT2D eigenvalue weighted by molar-refractivity contribution is 5.97. The SMILES string of the molecule is COc1ccccc1C(=O)NC1CCN(C(=O)[C@@H]2CC[C@](C(=O)NCCC(=O)OC(C)C)(c3ccccc3)c3ccccc32)CC1. The van der Waals surface area contributed by atoms with Crippen molar-refractivity contribution in [3.05, 3.63) is 101 Å². The summed E-state index contributed by atoms with van der Waals surface area (Å²) in [5.74, 6) is -0.557. The monoisotopic (exact) mass is 625 g/mol. The average molecular weight is 626 g/mol. The summed E-state index contributed by atoms with van der Waals surface area (Å²) in [5, 5.41) is 6.11. The Kier molecular flexibility index (Phi) is 10.4. The lowest BCUT2D eigenvalue weighted by Crippen LogP contribution is -2.51. The van der Waals surface area contributed by atoms with Crippen LogP contribution in [0, 0.1) is 0 Å². The van der Waals surface area contributed by atoms with Gasteiger partial charge in [-0.1, -0.05) is 66.7 Å². The maximum Gasteiger partial charge on any atom is 0.307 e. The van der Waals surface area contributed by atoms with Gasteiger partial charge in [0.2, 0.25) is 11.8 Å². The second-order valence-electron chi connectivity index (χ2n) is 12.3. The van der Waals surface area contributed by atoms with E-state index >= 15 is 0 Å². The van der Waals surface area contributed by atoms with Crippen molar-refractivity contribution in [1.82, 2.24) is 15.5 Å². The van der Waals surface area contributed by atoms with Crippen molar-refractivity contribution in [3.8, 4) is 5.75 Å². The van der Waals surface area contributed by atoms with E-state index in [1.54, 1.807) is 39.2 Å². The molecule has 3 aromatic carbocycles. The molecule has 3 aromatic rings. The number of amides is 3. The normalized spacial score (nSPS) is 19.6. The van der Waals surface area contributed by atoms with E-state index in [4.69, 9.17) is 9.47 Å². The lowest BCUT2D eigenvalue weighted by Gasteiger charge is -2.42. The second kappa shape index (κ2) is 14.6. The molecule has 0 aromatic heterocycles. The zero-order chi connectivity index (χ0) is 32.7. The van der Waals surface area contributed by atoms with Crippen LogP contribution in [-0.2, 0) is 24.5 Å². The minimum Gasteiger partial charge on any atom is -0.496 e.